The van der Waals surface area contributed by atoms with Crippen molar-refractivity contribution in [2.75, 3.05) is 44.0 Å². The summed E-state index contributed by atoms with van der Waals surface area (Å²) in [5, 5.41) is 0. The normalized spacial score (nSPS) is 14.4. The van der Waals surface area contributed by atoms with Gasteiger partial charge in [-0.2, -0.15) is 0 Å². The predicted molar refractivity (Wildman–Crippen MR) is 162 cm³/mol. The number of nitrogens with two attached hydrogens (primary N) is 1. The van der Waals surface area contributed by atoms with Crippen LogP contribution in [-0.2, 0) is 4.74 Å². The Hall–Kier alpha value is -4.05. The Kier molecular flexibility index (Phi) is 7.59. The summed E-state index contributed by atoms with van der Waals surface area (Å²) < 4.78 is 16.6. The van der Waals surface area contributed by atoms with Gasteiger partial charge in [-0.1, -0.05) is 36.4 Å². The minimum absolute atomic E-state index is 0.155. The van der Waals surface area contributed by atoms with Gasteiger partial charge in [-0.05, 0) is 72.5 Å². The van der Waals surface area contributed by atoms with E-state index in [-0.39, 0.29) is 6.04 Å². The summed E-state index contributed by atoms with van der Waals surface area (Å²) >= 11 is 1.52. The Labute approximate surface area is 238 Å². The van der Waals surface area contributed by atoms with Crippen LogP contribution in [0, 0.1) is 0 Å². The van der Waals surface area contributed by atoms with Crippen LogP contribution in [0.15, 0.2) is 90.0 Å². The van der Waals surface area contributed by atoms with E-state index in [1.165, 1.54) is 23.2 Å². The van der Waals surface area contributed by atoms with Gasteiger partial charge in [-0.3, -0.25) is 9.29 Å². The second-order valence-corrected chi connectivity index (χ2v) is 10.6. The molecule has 5 aromatic rings. The first-order valence-electron chi connectivity index (χ1n) is 13.3. The first-order chi connectivity index (χ1) is 19.6. The van der Waals surface area contributed by atoms with Crippen LogP contribution in [0.1, 0.15) is 18.5 Å². The molecule has 0 amide bonds. The van der Waals surface area contributed by atoms with Gasteiger partial charge in [-0.15, -0.1) is 0 Å². The van der Waals surface area contributed by atoms with Crippen LogP contribution in [0.4, 0.5) is 11.6 Å². The third kappa shape index (κ3) is 5.36. The number of rotatable bonds is 8. The average molecular weight is 553 g/mol. The van der Waals surface area contributed by atoms with Crippen LogP contribution in [0.3, 0.4) is 0 Å². The molecule has 1 saturated heterocycles. The third-order valence-corrected chi connectivity index (χ3v) is 8.14. The number of hydrogen-bond acceptors (Lipinski definition) is 8. The number of imidazole rings is 1. The minimum atomic E-state index is 0.155. The van der Waals surface area contributed by atoms with Gasteiger partial charge in [0.05, 0.1) is 36.3 Å². The van der Waals surface area contributed by atoms with Crippen molar-refractivity contribution in [2.45, 2.75) is 17.9 Å². The standard InChI is InChI=1S/C31H32N6O2S/c1-21(22-6-4-3-5-7-22)35-40-29-19-24(20-33-30(29)38-2)23-8-13-27-28(18-23)37(31(32)34-27)26-11-9-25(10-12-26)36-14-16-39-17-15-36/h3-13,18-21,35H,14-17H2,1-2H3,(H2,32,34). The number of nitrogens with one attached hydrogen (secondary N) is 1. The van der Waals surface area contributed by atoms with Crippen molar-refractivity contribution >= 4 is 34.6 Å². The molecule has 1 unspecified atom stereocenters. The van der Waals surface area contributed by atoms with Crippen LogP contribution in [0.2, 0.25) is 0 Å². The number of anilines is 2. The lowest BCUT2D eigenvalue weighted by atomic mass is 10.1. The van der Waals surface area contributed by atoms with E-state index in [4.69, 9.17) is 15.2 Å². The zero-order valence-electron chi connectivity index (χ0n) is 22.6. The quantitative estimate of drug-likeness (QED) is 0.231. The number of nitrogens with zero attached hydrogens (tertiary/aromatic N) is 4. The SMILES string of the molecule is COc1ncc(-c2ccc3nc(N)n(-c4ccc(N5CCOCC5)cc4)c3c2)cc1SNC(C)c1ccccc1. The van der Waals surface area contributed by atoms with Gasteiger partial charge in [0.1, 0.15) is 0 Å². The van der Waals surface area contributed by atoms with Gasteiger partial charge in [0.15, 0.2) is 0 Å². The smallest absolute Gasteiger partial charge is 0.228 e. The molecule has 1 atom stereocenters. The van der Waals surface area contributed by atoms with Crippen LogP contribution in [-0.4, -0.2) is 47.9 Å². The van der Waals surface area contributed by atoms with Crippen LogP contribution >= 0.6 is 11.9 Å². The molecular weight excluding hydrogens is 520 g/mol. The van der Waals surface area contributed by atoms with Crippen molar-refractivity contribution in [3.63, 3.8) is 0 Å². The summed E-state index contributed by atoms with van der Waals surface area (Å²) in [6, 6.07) is 27.2. The number of pyridine rings is 1. The van der Waals surface area contributed by atoms with Gasteiger partial charge in [0.2, 0.25) is 11.8 Å². The van der Waals surface area contributed by atoms with Crippen LogP contribution < -0.4 is 20.1 Å². The number of benzene rings is 3. The van der Waals surface area contributed by atoms with Crippen LogP contribution in [0.25, 0.3) is 27.8 Å². The molecule has 9 heteroatoms. The van der Waals surface area contributed by atoms with E-state index in [9.17, 15) is 0 Å². The van der Waals surface area contributed by atoms with Crippen molar-refractivity contribution in [1.82, 2.24) is 19.3 Å². The monoisotopic (exact) mass is 552 g/mol. The second-order valence-electron chi connectivity index (χ2n) is 9.71. The number of fused-ring (bicyclic) bond motifs is 1. The maximum Gasteiger partial charge on any atom is 0.228 e. The fraction of sp³-hybridized carbons (Fsp3) is 0.226. The van der Waals surface area contributed by atoms with Gasteiger partial charge in [0, 0.05) is 42.3 Å². The molecule has 3 heterocycles. The second kappa shape index (κ2) is 11.6. The molecule has 0 spiro atoms. The topological polar surface area (TPSA) is 90.5 Å². The van der Waals surface area contributed by atoms with Gasteiger partial charge >= 0.3 is 0 Å². The van der Waals surface area contributed by atoms with Crippen molar-refractivity contribution < 1.29 is 9.47 Å². The van der Waals surface area contributed by atoms with Gasteiger partial charge < -0.3 is 20.1 Å². The van der Waals surface area contributed by atoms with Crippen molar-refractivity contribution in [3.8, 4) is 22.7 Å². The zero-order chi connectivity index (χ0) is 27.5. The fourth-order valence-corrected chi connectivity index (χ4v) is 5.81. The molecule has 0 aliphatic carbocycles. The molecule has 6 rings (SSSR count). The van der Waals surface area contributed by atoms with Crippen LogP contribution in [0.5, 0.6) is 5.88 Å². The largest absolute Gasteiger partial charge is 0.480 e. The molecule has 2 aromatic heterocycles. The molecule has 1 aliphatic heterocycles. The average Bonchev–Trinajstić information content (AvgIpc) is 3.35. The van der Waals surface area contributed by atoms with E-state index >= 15 is 0 Å². The Morgan fingerprint density at radius 1 is 0.950 bits per heavy atom. The third-order valence-electron chi connectivity index (χ3n) is 7.15. The number of nitrogen functional groups attached to an aromatic ring is 1. The summed E-state index contributed by atoms with van der Waals surface area (Å²) in [4.78, 5) is 12.5. The van der Waals surface area contributed by atoms with Crippen molar-refractivity contribution in [2.24, 2.45) is 0 Å². The number of ether oxygens (including phenoxy) is 2. The molecule has 3 aromatic carbocycles. The minimum Gasteiger partial charge on any atom is -0.480 e. The Bertz CT molecular complexity index is 1600. The first-order valence-corrected chi connectivity index (χ1v) is 14.1. The van der Waals surface area contributed by atoms with E-state index in [1.807, 2.05) is 35.0 Å². The number of morpholine rings is 1. The molecule has 1 aliphatic rings. The van der Waals surface area contributed by atoms with Crippen molar-refractivity contribution in [3.05, 3.63) is 90.6 Å². The first kappa shape index (κ1) is 26.2. The van der Waals surface area contributed by atoms with E-state index in [1.54, 1.807) is 7.11 Å². The molecule has 1 fully saturated rings. The Morgan fingerprint density at radius 3 is 2.45 bits per heavy atom. The number of aromatic nitrogens is 3. The molecule has 0 radical (unpaired) electrons. The lowest BCUT2D eigenvalue weighted by Crippen LogP contribution is -2.36. The molecule has 204 valence electrons. The Balaban J connectivity index is 1.29. The molecule has 0 saturated carbocycles. The van der Waals surface area contributed by atoms with Gasteiger partial charge in [0.25, 0.3) is 0 Å². The van der Waals surface area contributed by atoms with Crippen molar-refractivity contribution in [1.29, 1.82) is 0 Å². The molecule has 0 bridgehead atoms. The molecule has 3 N–H and O–H groups in total. The highest BCUT2D eigenvalue weighted by Crippen LogP contribution is 2.34. The lowest BCUT2D eigenvalue weighted by molar-refractivity contribution is 0.122. The summed E-state index contributed by atoms with van der Waals surface area (Å²) in [7, 11) is 1.64. The maximum atomic E-state index is 6.42. The van der Waals surface area contributed by atoms with E-state index in [0.717, 1.165) is 59.0 Å². The van der Waals surface area contributed by atoms with Gasteiger partial charge in [-0.25, -0.2) is 9.97 Å². The maximum absolute atomic E-state index is 6.42. The van der Waals surface area contributed by atoms with E-state index < -0.39 is 0 Å². The summed E-state index contributed by atoms with van der Waals surface area (Å²) in [5.74, 6) is 1.03. The fourth-order valence-electron chi connectivity index (χ4n) is 4.96. The Morgan fingerprint density at radius 2 is 1.70 bits per heavy atom. The van der Waals surface area contributed by atoms with E-state index in [2.05, 4.69) is 81.1 Å². The summed E-state index contributed by atoms with van der Waals surface area (Å²) in [6.45, 7) is 5.45. The highest BCUT2D eigenvalue weighted by atomic mass is 32.2. The highest BCUT2D eigenvalue weighted by molar-refractivity contribution is 7.97. The molecular formula is C31H32N6O2S. The van der Waals surface area contributed by atoms with E-state index in [0.29, 0.717) is 11.8 Å². The number of methoxy groups -OCH3 is 1. The summed E-state index contributed by atoms with van der Waals surface area (Å²) in [5.41, 5.74) is 13.6. The molecule has 8 nitrogen and oxygen atoms in total. The zero-order valence-corrected chi connectivity index (χ0v) is 23.4. The lowest BCUT2D eigenvalue weighted by Gasteiger charge is -2.29. The number of hydrogen-bond donors (Lipinski definition) is 2. The molecule has 40 heavy (non-hydrogen) atoms. The predicted octanol–water partition coefficient (Wildman–Crippen LogP) is 5.87. The summed E-state index contributed by atoms with van der Waals surface area (Å²) in [6.07, 6.45) is 1.84. The highest BCUT2D eigenvalue weighted by Gasteiger charge is 2.16.